The van der Waals surface area contributed by atoms with E-state index < -0.39 is 14.2 Å². The second kappa shape index (κ2) is 15.9. The molecule has 1 aromatic heterocycles. The molecular weight excluding hydrogens is 509 g/mol. The Morgan fingerprint density at radius 1 is 1.08 bits per heavy atom. The average molecular weight is 550 g/mol. The molecule has 2 atom stereocenters. The van der Waals surface area contributed by atoms with Gasteiger partial charge in [0.1, 0.15) is 24.2 Å². The highest BCUT2D eigenvalue weighted by molar-refractivity contribution is 7.47. The smallest absolute Gasteiger partial charge is 0.226 e. The minimum absolute atomic E-state index is 0.0190. The van der Waals surface area contributed by atoms with Gasteiger partial charge in [0, 0.05) is 12.3 Å². The number of aliphatic hydroxyl groups is 2. The van der Waals surface area contributed by atoms with Crippen molar-refractivity contribution in [1.82, 2.24) is 9.97 Å². The van der Waals surface area contributed by atoms with E-state index in [1.54, 1.807) is 0 Å². The van der Waals surface area contributed by atoms with Crippen molar-refractivity contribution in [1.29, 1.82) is 5.41 Å². The van der Waals surface area contributed by atoms with E-state index in [0.29, 0.717) is 49.4 Å². The highest BCUT2D eigenvalue weighted by Gasteiger charge is 2.28. The van der Waals surface area contributed by atoms with Crippen LogP contribution in [0.3, 0.4) is 0 Å². The number of hydrogen-bond donors (Lipinski definition) is 5. The molecule has 36 heavy (non-hydrogen) atoms. The summed E-state index contributed by atoms with van der Waals surface area (Å²) in [5, 5.41) is 30.9. The molecule has 1 aliphatic heterocycles. The molecule has 5 N–H and O–H groups in total. The van der Waals surface area contributed by atoms with Crippen molar-refractivity contribution in [2.45, 2.75) is 90.4 Å². The van der Waals surface area contributed by atoms with Gasteiger partial charge in [-0.2, -0.15) is 9.97 Å². The molecule has 0 bridgehead atoms. The summed E-state index contributed by atoms with van der Waals surface area (Å²) in [6.07, 6.45) is 7.74. The first-order valence-corrected chi connectivity index (χ1v) is 14.2. The van der Waals surface area contributed by atoms with E-state index in [0.717, 1.165) is 25.7 Å². The van der Waals surface area contributed by atoms with Gasteiger partial charge in [-0.25, -0.2) is 0 Å². The first-order chi connectivity index (χ1) is 17.1. The number of anilines is 2. The molecule has 2 fully saturated rings. The fourth-order valence-corrected chi connectivity index (χ4v) is 5.03. The van der Waals surface area contributed by atoms with E-state index >= 15 is 0 Å². The van der Waals surface area contributed by atoms with Crippen LogP contribution in [0.4, 0.5) is 11.6 Å². The Morgan fingerprint density at radius 3 is 2.22 bits per heavy atom. The molecule has 2 aliphatic rings. The quantitative estimate of drug-likeness (QED) is 0.103. The molecule has 1 aromatic rings. The number of rotatable bonds is 13. The second-order valence-corrected chi connectivity index (χ2v) is 10.8. The zero-order valence-corrected chi connectivity index (χ0v) is 23.3. The molecule has 13 heteroatoms. The molecule has 206 valence electrons. The summed E-state index contributed by atoms with van der Waals surface area (Å²) in [6, 6.07) is 0.362. The van der Waals surface area contributed by atoms with Crippen LogP contribution in [-0.2, 0) is 18.5 Å². The van der Waals surface area contributed by atoms with E-state index in [1.165, 1.54) is 32.9 Å². The van der Waals surface area contributed by atoms with Crippen LogP contribution >= 0.6 is 20.0 Å². The van der Waals surface area contributed by atoms with Crippen molar-refractivity contribution >= 4 is 37.8 Å². The molecule has 0 aromatic carbocycles. The van der Waals surface area contributed by atoms with E-state index in [1.807, 2.05) is 13.8 Å². The Hall–Kier alpha value is -1.17. The van der Waals surface area contributed by atoms with Crippen molar-refractivity contribution in [3.63, 3.8) is 0 Å². The first kappa shape index (κ1) is 31.1. The normalized spacial score (nSPS) is 20.3. The Bertz CT molecular complexity index is 785. The van der Waals surface area contributed by atoms with Gasteiger partial charge in [-0.05, 0) is 65.0 Å². The van der Waals surface area contributed by atoms with Gasteiger partial charge in [0.05, 0.1) is 31.5 Å². The Morgan fingerprint density at radius 2 is 1.67 bits per heavy atom. The zero-order valence-electron chi connectivity index (χ0n) is 21.6. The van der Waals surface area contributed by atoms with Crippen molar-refractivity contribution in [3.8, 4) is 0 Å². The monoisotopic (exact) mass is 549 g/mol. The summed E-state index contributed by atoms with van der Waals surface area (Å²) in [5.41, 5.74) is 0.596. The molecule has 2 unspecified atom stereocenters. The lowest BCUT2D eigenvalue weighted by molar-refractivity contribution is -0.127. The average Bonchev–Trinajstić information content (AvgIpc) is 3.45. The van der Waals surface area contributed by atoms with Crippen molar-refractivity contribution < 1.29 is 28.7 Å². The van der Waals surface area contributed by atoms with E-state index in [4.69, 9.17) is 45.7 Å². The summed E-state index contributed by atoms with van der Waals surface area (Å²) >= 11 is 6.17. The Kier molecular flexibility index (Phi) is 13.7. The molecule has 0 radical (unpaired) electrons. The van der Waals surface area contributed by atoms with Crippen molar-refractivity contribution in [3.05, 3.63) is 10.8 Å². The number of aromatic nitrogens is 2. The van der Waals surface area contributed by atoms with Crippen molar-refractivity contribution in [2.24, 2.45) is 0 Å². The molecular formula is C23H41ClN5O6P. The number of hydrogen-bond acceptors (Lipinski definition) is 11. The Balaban J connectivity index is 0.000000830. The van der Waals surface area contributed by atoms with E-state index in [-0.39, 0.29) is 17.6 Å². The highest BCUT2D eigenvalue weighted by Crippen LogP contribution is 2.38. The van der Waals surface area contributed by atoms with Crippen LogP contribution in [0.1, 0.15) is 71.8 Å². The van der Waals surface area contributed by atoms with Gasteiger partial charge < -0.3 is 44.8 Å². The van der Waals surface area contributed by atoms with Gasteiger partial charge >= 0.3 is 0 Å². The van der Waals surface area contributed by atoms with Crippen LogP contribution in [0.2, 0.25) is 5.28 Å². The molecule has 0 spiro atoms. The molecule has 11 nitrogen and oxygen atoms in total. The minimum Gasteiger partial charge on any atom is -0.369 e. The van der Waals surface area contributed by atoms with Crippen LogP contribution in [0.25, 0.3) is 0 Å². The second-order valence-electron chi connectivity index (χ2n) is 9.00. The third kappa shape index (κ3) is 11.9. The lowest BCUT2D eigenvalue weighted by atomic mass is 10.2. The van der Waals surface area contributed by atoms with Crippen LogP contribution in [0.15, 0.2) is 0 Å². The summed E-state index contributed by atoms with van der Waals surface area (Å²) in [6.45, 7) is 8.18. The molecule has 1 saturated carbocycles. The maximum Gasteiger partial charge on any atom is 0.226 e. The predicted molar refractivity (Wildman–Crippen MR) is 142 cm³/mol. The first-order valence-electron chi connectivity index (χ1n) is 12.4. The largest absolute Gasteiger partial charge is 0.369 e. The summed E-state index contributed by atoms with van der Waals surface area (Å²) in [4.78, 5) is 8.62. The third-order valence-electron chi connectivity index (χ3n) is 5.21. The lowest BCUT2D eigenvalue weighted by Crippen LogP contribution is -2.25. The number of halogens is 1. The SMILES string of the molecule is CC(C)(O)O.CCOP(COCC1CCC(Nc2nc(Cl)nc(NC3CCCC3)c2C=N)O1)OCC. The minimum atomic E-state index is -1.50. The summed E-state index contributed by atoms with van der Waals surface area (Å²) < 4.78 is 23.0. The molecule has 2 heterocycles. The van der Waals surface area contributed by atoms with Gasteiger partial charge in [-0.15, -0.1) is 0 Å². The van der Waals surface area contributed by atoms with Gasteiger partial charge in [0.2, 0.25) is 5.28 Å². The zero-order chi connectivity index (χ0) is 26.6. The molecule has 3 rings (SSSR count). The van der Waals surface area contributed by atoms with Gasteiger partial charge in [-0.1, -0.05) is 12.8 Å². The van der Waals surface area contributed by atoms with Crippen molar-refractivity contribution in [2.75, 3.05) is 36.8 Å². The fourth-order valence-electron chi connectivity index (χ4n) is 3.81. The van der Waals surface area contributed by atoms with Gasteiger partial charge in [0.15, 0.2) is 14.2 Å². The fraction of sp³-hybridized carbons (Fsp3) is 0.783. The summed E-state index contributed by atoms with van der Waals surface area (Å²) in [5.74, 6) is -0.388. The standard InChI is InChI=1S/C20H33ClN5O4P.C3H8O2/c1-3-28-31(29-4-2)13-27-12-15-9-10-17(30-15)24-19-16(11-22)18(25-20(21)26-19)23-14-7-5-6-8-14;1-3(2,4)5/h11,14-15,17,22H,3-10,12-13H2,1-2H3,(H2,23,24,25,26);4-5H,1-2H3. The third-order valence-corrected chi connectivity index (χ3v) is 6.87. The molecule has 0 amide bonds. The molecule has 1 saturated heterocycles. The van der Waals surface area contributed by atoms with Crippen LogP contribution < -0.4 is 10.6 Å². The lowest BCUT2D eigenvalue weighted by Gasteiger charge is -2.20. The maximum absolute atomic E-state index is 8.08. The van der Waals surface area contributed by atoms with E-state index in [9.17, 15) is 0 Å². The maximum atomic E-state index is 8.08. The highest BCUT2D eigenvalue weighted by atomic mass is 35.5. The number of ether oxygens (including phenoxy) is 2. The number of nitrogens with one attached hydrogen (secondary N) is 3. The summed E-state index contributed by atoms with van der Waals surface area (Å²) in [7, 11) is -1.01. The van der Waals surface area contributed by atoms with Crippen LogP contribution in [0.5, 0.6) is 0 Å². The topological polar surface area (TPSA) is 151 Å². The van der Waals surface area contributed by atoms with E-state index in [2.05, 4.69) is 20.6 Å². The van der Waals surface area contributed by atoms with Gasteiger partial charge in [0.25, 0.3) is 0 Å². The number of nitrogens with zero attached hydrogens (tertiary/aromatic N) is 2. The van der Waals surface area contributed by atoms with Gasteiger partial charge in [-0.3, -0.25) is 0 Å². The molecule has 1 aliphatic carbocycles. The Labute approximate surface area is 220 Å². The van der Waals surface area contributed by atoms with Crippen LogP contribution in [-0.4, -0.2) is 76.7 Å². The predicted octanol–water partition coefficient (Wildman–Crippen LogP) is 4.47. The van der Waals surface area contributed by atoms with Crippen LogP contribution in [0, 0.1) is 5.41 Å².